The van der Waals surface area contributed by atoms with Gasteiger partial charge < -0.3 is 5.32 Å². The summed E-state index contributed by atoms with van der Waals surface area (Å²) in [5.41, 5.74) is 4.44. The van der Waals surface area contributed by atoms with Crippen LogP contribution < -0.4 is 5.32 Å². The molecule has 2 aromatic heterocycles. The molecule has 1 amide bonds. The minimum atomic E-state index is -0.309. The van der Waals surface area contributed by atoms with Crippen molar-refractivity contribution in [1.82, 2.24) is 30.3 Å². The van der Waals surface area contributed by atoms with Gasteiger partial charge in [0.25, 0.3) is 5.91 Å². The van der Waals surface area contributed by atoms with Crippen LogP contribution in [0.25, 0.3) is 5.69 Å². The van der Waals surface area contributed by atoms with Crippen molar-refractivity contribution in [2.45, 2.75) is 31.2 Å². The fourth-order valence-corrected chi connectivity index (χ4v) is 4.27. The number of aryl methyl sites for hydroxylation is 2. The van der Waals surface area contributed by atoms with Gasteiger partial charge >= 0.3 is 0 Å². The molecule has 33 heavy (non-hydrogen) atoms. The maximum atomic E-state index is 13.1. The highest BCUT2D eigenvalue weighted by atomic mass is 32.2. The minimum Gasteiger partial charge on any atom is -0.350 e. The first-order valence-corrected chi connectivity index (χ1v) is 11.5. The van der Waals surface area contributed by atoms with Gasteiger partial charge in [-0.3, -0.25) is 4.79 Å². The van der Waals surface area contributed by atoms with E-state index in [-0.39, 0.29) is 17.4 Å². The average molecular weight is 463 g/mol. The standard InChI is InChI=1S/C24H23FN6OS/c1-16-14-17(2)28-24(27-16)33-15-21-22(29-30-31(21)20-6-4-3-5-7-20)23(32)26-13-12-18-8-10-19(25)11-9-18/h3-11,14H,12-13,15H2,1-2H3,(H,26,32). The van der Waals surface area contributed by atoms with Crippen molar-refractivity contribution in [3.05, 3.63) is 94.8 Å². The molecule has 0 bridgehead atoms. The Bertz CT molecular complexity index is 1220. The SMILES string of the molecule is Cc1cc(C)nc(SCc2c(C(=O)NCCc3ccc(F)cc3)nnn2-c2ccccc2)n1. The number of rotatable bonds is 8. The smallest absolute Gasteiger partial charge is 0.273 e. The number of thioether (sulfide) groups is 1. The van der Waals surface area contributed by atoms with Crippen molar-refractivity contribution < 1.29 is 9.18 Å². The molecule has 0 unspecified atom stereocenters. The number of carbonyl (C=O) groups is 1. The molecule has 2 aromatic carbocycles. The Morgan fingerprint density at radius 2 is 1.73 bits per heavy atom. The first-order chi connectivity index (χ1) is 16.0. The fraction of sp³-hybridized carbons (Fsp3) is 0.208. The van der Waals surface area contributed by atoms with Crippen LogP contribution in [0.1, 0.15) is 33.1 Å². The van der Waals surface area contributed by atoms with Crippen molar-refractivity contribution in [3.63, 3.8) is 0 Å². The molecule has 2 heterocycles. The third-order valence-electron chi connectivity index (χ3n) is 4.89. The maximum Gasteiger partial charge on any atom is 0.273 e. The summed E-state index contributed by atoms with van der Waals surface area (Å²) >= 11 is 1.43. The third-order valence-corrected chi connectivity index (χ3v) is 5.75. The summed E-state index contributed by atoms with van der Waals surface area (Å²) in [6.07, 6.45) is 0.583. The lowest BCUT2D eigenvalue weighted by Gasteiger charge is -2.09. The van der Waals surface area contributed by atoms with E-state index in [4.69, 9.17) is 0 Å². The van der Waals surface area contributed by atoms with Crippen LogP contribution in [0, 0.1) is 19.7 Å². The number of para-hydroxylation sites is 1. The summed E-state index contributed by atoms with van der Waals surface area (Å²) in [5.74, 6) is -0.169. The van der Waals surface area contributed by atoms with Crippen LogP contribution >= 0.6 is 11.8 Å². The number of benzene rings is 2. The van der Waals surface area contributed by atoms with Crippen molar-refractivity contribution in [1.29, 1.82) is 0 Å². The number of aromatic nitrogens is 5. The van der Waals surface area contributed by atoms with Crippen LogP contribution in [0.15, 0.2) is 65.8 Å². The quantitative estimate of drug-likeness (QED) is 0.314. The lowest BCUT2D eigenvalue weighted by atomic mass is 10.1. The second kappa shape index (κ2) is 10.4. The average Bonchev–Trinajstić information content (AvgIpc) is 3.23. The Balaban J connectivity index is 1.53. The van der Waals surface area contributed by atoms with Crippen LogP contribution in [0.3, 0.4) is 0 Å². The minimum absolute atomic E-state index is 0.259. The Labute approximate surface area is 195 Å². The number of carbonyl (C=O) groups excluding carboxylic acids is 1. The summed E-state index contributed by atoms with van der Waals surface area (Å²) in [6, 6.07) is 17.7. The number of hydrogen-bond donors (Lipinski definition) is 1. The molecular formula is C24H23FN6OS. The first-order valence-electron chi connectivity index (χ1n) is 10.5. The van der Waals surface area contributed by atoms with E-state index in [0.717, 1.165) is 22.6 Å². The molecule has 4 rings (SSSR count). The van der Waals surface area contributed by atoms with Gasteiger partial charge in [-0.25, -0.2) is 19.0 Å². The zero-order chi connectivity index (χ0) is 23.2. The van der Waals surface area contributed by atoms with Crippen LogP contribution in [0.4, 0.5) is 4.39 Å². The zero-order valence-corrected chi connectivity index (χ0v) is 19.1. The maximum absolute atomic E-state index is 13.1. The Morgan fingerprint density at radius 3 is 2.42 bits per heavy atom. The van der Waals surface area contributed by atoms with E-state index < -0.39 is 0 Å². The molecule has 0 fully saturated rings. The number of nitrogens with zero attached hydrogens (tertiary/aromatic N) is 5. The van der Waals surface area contributed by atoms with Crippen molar-refractivity contribution >= 4 is 17.7 Å². The Kier molecular flexibility index (Phi) is 7.09. The summed E-state index contributed by atoms with van der Waals surface area (Å²) < 4.78 is 14.8. The fourth-order valence-electron chi connectivity index (χ4n) is 3.33. The van der Waals surface area contributed by atoms with Gasteiger partial charge in [0, 0.05) is 23.7 Å². The second-order valence-electron chi connectivity index (χ2n) is 7.49. The number of hydrogen-bond acceptors (Lipinski definition) is 6. The molecular weight excluding hydrogens is 439 g/mol. The Hall–Kier alpha value is -3.59. The predicted octanol–water partition coefficient (Wildman–Crippen LogP) is 4.08. The van der Waals surface area contributed by atoms with E-state index in [1.807, 2.05) is 50.2 Å². The topological polar surface area (TPSA) is 85.6 Å². The van der Waals surface area contributed by atoms with Gasteiger partial charge in [-0.15, -0.1) is 5.10 Å². The molecule has 7 nitrogen and oxygen atoms in total. The summed E-state index contributed by atoms with van der Waals surface area (Å²) in [6.45, 7) is 4.25. The van der Waals surface area contributed by atoms with Gasteiger partial charge in [0.1, 0.15) is 5.82 Å². The van der Waals surface area contributed by atoms with E-state index in [1.165, 1.54) is 23.9 Å². The van der Waals surface area contributed by atoms with E-state index >= 15 is 0 Å². The highest BCUT2D eigenvalue weighted by Crippen LogP contribution is 2.23. The van der Waals surface area contributed by atoms with Gasteiger partial charge in [0.15, 0.2) is 10.9 Å². The molecule has 0 aliphatic carbocycles. The molecule has 9 heteroatoms. The lowest BCUT2D eigenvalue weighted by molar-refractivity contribution is 0.0948. The van der Waals surface area contributed by atoms with E-state index in [9.17, 15) is 9.18 Å². The first kappa shape index (κ1) is 22.6. The van der Waals surface area contributed by atoms with Crippen LogP contribution in [-0.2, 0) is 12.2 Å². The normalized spacial score (nSPS) is 10.9. The molecule has 0 saturated carbocycles. The molecule has 4 aromatic rings. The van der Waals surface area contributed by atoms with Crippen molar-refractivity contribution in [2.24, 2.45) is 0 Å². The molecule has 0 aliphatic heterocycles. The van der Waals surface area contributed by atoms with E-state index in [2.05, 4.69) is 25.6 Å². The van der Waals surface area contributed by atoms with Crippen LogP contribution in [-0.4, -0.2) is 37.4 Å². The third kappa shape index (κ3) is 5.81. The van der Waals surface area contributed by atoms with E-state index in [1.54, 1.807) is 16.8 Å². The highest BCUT2D eigenvalue weighted by Gasteiger charge is 2.21. The van der Waals surface area contributed by atoms with Crippen LogP contribution in [0.2, 0.25) is 0 Å². The van der Waals surface area contributed by atoms with Crippen molar-refractivity contribution in [2.75, 3.05) is 6.54 Å². The van der Waals surface area contributed by atoms with Gasteiger partial charge in [0.2, 0.25) is 0 Å². The Morgan fingerprint density at radius 1 is 1.03 bits per heavy atom. The summed E-state index contributed by atoms with van der Waals surface area (Å²) in [4.78, 5) is 21.9. The molecule has 0 saturated heterocycles. The van der Waals surface area contributed by atoms with Crippen molar-refractivity contribution in [3.8, 4) is 5.69 Å². The monoisotopic (exact) mass is 462 g/mol. The number of nitrogens with one attached hydrogen (secondary N) is 1. The van der Waals surface area contributed by atoms with Crippen LogP contribution in [0.5, 0.6) is 0 Å². The molecule has 0 atom stereocenters. The lowest BCUT2D eigenvalue weighted by Crippen LogP contribution is -2.27. The number of amides is 1. The molecule has 168 valence electrons. The molecule has 0 spiro atoms. The van der Waals surface area contributed by atoms with Gasteiger partial charge in [-0.1, -0.05) is 47.3 Å². The van der Waals surface area contributed by atoms with Gasteiger partial charge in [-0.2, -0.15) is 0 Å². The summed E-state index contributed by atoms with van der Waals surface area (Å²) in [5, 5.41) is 11.9. The van der Waals surface area contributed by atoms with Gasteiger partial charge in [-0.05, 0) is 56.2 Å². The summed E-state index contributed by atoms with van der Waals surface area (Å²) in [7, 11) is 0. The predicted molar refractivity (Wildman–Crippen MR) is 125 cm³/mol. The molecule has 0 aliphatic rings. The molecule has 0 radical (unpaired) electrons. The van der Waals surface area contributed by atoms with Gasteiger partial charge in [0.05, 0.1) is 11.4 Å². The zero-order valence-electron chi connectivity index (χ0n) is 18.3. The second-order valence-corrected chi connectivity index (χ2v) is 8.43. The largest absolute Gasteiger partial charge is 0.350 e. The number of halogens is 1. The van der Waals surface area contributed by atoms with E-state index in [0.29, 0.717) is 29.6 Å². The highest BCUT2D eigenvalue weighted by molar-refractivity contribution is 7.98. The molecule has 1 N–H and O–H groups in total.